The molecule has 0 aliphatic carbocycles. The van der Waals surface area contributed by atoms with Crippen molar-refractivity contribution in [3.63, 3.8) is 0 Å². The molecule has 1 heterocycles. The maximum Gasteiger partial charge on any atom is 0.201 e. The van der Waals surface area contributed by atoms with E-state index in [0.717, 1.165) is 30.6 Å². The van der Waals surface area contributed by atoms with Crippen molar-refractivity contribution in [3.05, 3.63) is 59.2 Å². The fraction of sp³-hybridized carbons (Fsp3) is 0.278. The van der Waals surface area contributed by atoms with Crippen molar-refractivity contribution in [2.45, 2.75) is 26.7 Å². The third-order valence-electron chi connectivity index (χ3n) is 3.99. The molecule has 2 aromatic rings. The maximum absolute atomic E-state index is 6.29. The highest BCUT2D eigenvalue weighted by molar-refractivity contribution is 5.97. The summed E-state index contributed by atoms with van der Waals surface area (Å²) in [4.78, 5) is 6.79. The summed E-state index contributed by atoms with van der Waals surface area (Å²) in [6, 6.07) is 14.7. The number of anilines is 1. The minimum absolute atomic E-state index is 0.579. The highest BCUT2D eigenvalue weighted by Crippen LogP contribution is 2.27. The van der Waals surface area contributed by atoms with Crippen molar-refractivity contribution in [2.75, 3.05) is 11.4 Å². The quantitative estimate of drug-likeness (QED) is 0.639. The highest BCUT2D eigenvalue weighted by Gasteiger charge is 2.18. The van der Waals surface area contributed by atoms with Crippen molar-refractivity contribution in [1.82, 2.24) is 0 Å². The van der Waals surface area contributed by atoms with E-state index in [1.165, 1.54) is 16.8 Å². The molecule has 3 heteroatoms. The molecule has 21 heavy (non-hydrogen) atoms. The molecule has 0 unspecified atom stereocenters. The molecule has 0 radical (unpaired) electrons. The number of rotatable bonds is 1. The maximum atomic E-state index is 6.29. The molecular weight excluding hydrogens is 258 g/mol. The van der Waals surface area contributed by atoms with E-state index in [9.17, 15) is 0 Å². The van der Waals surface area contributed by atoms with Gasteiger partial charge in [0.1, 0.15) is 0 Å². The van der Waals surface area contributed by atoms with Gasteiger partial charge in [0.15, 0.2) is 0 Å². The molecule has 0 atom stereocenters. The molecule has 3 rings (SSSR count). The molecule has 2 aromatic carbocycles. The van der Waals surface area contributed by atoms with E-state index in [0.29, 0.717) is 5.96 Å². The van der Waals surface area contributed by atoms with E-state index < -0.39 is 0 Å². The van der Waals surface area contributed by atoms with E-state index >= 15 is 0 Å². The third kappa shape index (κ3) is 2.77. The lowest BCUT2D eigenvalue weighted by Crippen LogP contribution is -2.40. The lowest BCUT2D eigenvalue weighted by molar-refractivity contribution is 0.775. The van der Waals surface area contributed by atoms with Gasteiger partial charge in [0, 0.05) is 12.2 Å². The molecule has 0 saturated heterocycles. The van der Waals surface area contributed by atoms with Gasteiger partial charge in [0.25, 0.3) is 0 Å². The predicted molar refractivity (Wildman–Crippen MR) is 89.3 cm³/mol. The van der Waals surface area contributed by atoms with Crippen LogP contribution in [0.3, 0.4) is 0 Å². The zero-order valence-electron chi connectivity index (χ0n) is 12.6. The van der Waals surface area contributed by atoms with Crippen LogP contribution in [-0.2, 0) is 6.42 Å². The van der Waals surface area contributed by atoms with Gasteiger partial charge in [0.05, 0.1) is 5.69 Å². The summed E-state index contributed by atoms with van der Waals surface area (Å²) >= 11 is 0. The molecule has 0 spiro atoms. The second-order valence-corrected chi connectivity index (χ2v) is 5.64. The topological polar surface area (TPSA) is 41.6 Å². The average Bonchev–Trinajstić information content (AvgIpc) is 2.50. The molecule has 0 aromatic heterocycles. The second-order valence-electron chi connectivity index (χ2n) is 5.64. The first-order chi connectivity index (χ1) is 10.1. The molecule has 1 aliphatic rings. The third-order valence-corrected chi connectivity index (χ3v) is 3.99. The van der Waals surface area contributed by atoms with Crippen LogP contribution >= 0.6 is 0 Å². The predicted octanol–water partition coefficient (Wildman–Crippen LogP) is 3.70. The summed E-state index contributed by atoms with van der Waals surface area (Å²) in [5.74, 6) is 0.579. The van der Waals surface area contributed by atoms with Gasteiger partial charge in [-0.1, -0.05) is 30.3 Å². The van der Waals surface area contributed by atoms with Crippen LogP contribution in [0.4, 0.5) is 11.4 Å². The molecule has 0 fully saturated rings. The Morgan fingerprint density at radius 1 is 1.14 bits per heavy atom. The summed E-state index contributed by atoms with van der Waals surface area (Å²) in [6.07, 6.45) is 2.23. The normalized spacial score (nSPS) is 15.0. The van der Waals surface area contributed by atoms with Gasteiger partial charge < -0.3 is 10.6 Å². The van der Waals surface area contributed by atoms with Crippen molar-refractivity contribution in [2.24, 2.45) is 10.7 Å². The van der Waals surface area contributed by atoms with Gasteiger partial charge in [-0.05, 0) is 55.5 Å². The summed E-state index contributed by atoms with van der Waals surface area (Å²) in [6.45, 7) is 5.07. The van der Waals surface area contributed by atoms with Gasteiger partial charge >= 0.3 is 0 Å². The molecule has 108 valence electrons. The van der Waals surface area contributed by atoms with Crippen LogP contribution in [-0.4, -0.2) is 12.5 Å². The number of nitrogens with zero attached hydrogens (tertiary/aromatic N) is 2. The highest BCUT2D eigenvalue weighted by atomic mass is 15.3. The number of hydrogen-bond donors (Lipinski definition) is 1. The van der Waals surface area contributed by atoms with Crippen molar-refractivity contribution in [1.29, 1.82) is 0 Å². The monoisotopic (exact) mass is 279 g/mol. The number of nitrogens with two attached hydrogens (primary N) is 1. The zero-order valence-corrected chi connectivity index (χ0v) is 12.6. The smallest absolute Gasteiger partial charge is 0.201 e. The Balaban J connectivity index is 1.97. The van der Waals surface area contributed by atoms with E-state index in [4.69, 9.17) is 5.73 Å². The first kappa shape index (κ1) is 13.7. The van der Waals surface area contributed by atoms with Crippen molar-refractivity contribution < 1.29 is 0 Å². The van der Waals surface area contributed by atoms with Gasteiger partial charge in [-0.15, -0.1) is 0 Å². The van der Waals surface area contributed by atoms with Crippen LogP contribution in [0.5, 0.6) is 0 Å². The Morgan fingerprint density at radius 3 is 2.81 bits per heavy atom. The Hall–Kier alpha value is -2.29. The van der Waals surface area contributed by atoms with E-state index in [2.05, 4.69) is 66.2 Å². The molecule has 0 saturated carbocycles. The minimum Gasteiger partial charge on any atom is -0.369 e. The lowest BCUT2D eigenvalue weighted by atomic mass is 10.0. The number of hydrogen-bond acceptors (Lipinski definition) is 1. The van der Waals surface area contributed by atoms with Crippen molar-refractivity contribution >= 4 is 17.3 Å². The zero-order chi connectivity index (χ0) is 14.8. The molecule has 3 nitrogen and oxygen atoms in total. The number of aryl methyl sites for hydroxylation is 3. The molecule has 0 amide bonds. The number of aliphatic imine (C=N–C) groups is 1. The van der Waals surface area contributed by atoms with Crippen molar-refractivity contribution in [3.8, 4) is 0 Å². The number of benzene rings is 2. The minimum atomic E-state index is 0.579. The molecular formula is C18H21N3. The number of para-hydroxylation sites is 1. The number of fused-ring (bicyclic) bond motifs is 1. The number of guanidine groups is 1. The van der Waals surface area contributed by atoms with Gasteiger partial charge in [0.2, 0.25) is 5.96 Å². The average molecular weight is 279 g/mol. The van der Waals surface area contributed by atoms with Crippen LogP contribution in [0.1, 0.15) is 23.1 Å². The van der Waals surface area contributed by atoms with E-state index in [1.807, 2.05) is 0 Å². The Kier molecular flexibility index (Phi) is 3.65. The summed E-state index contributed by atoms with van der Waals surface area (Å²) in [5, 5.41) is 0. The molecule has 1 aliphatic heterocycles. The largest absolute Gasteiger partial charge is 0.369 e. The standard InChI is InChI=1S/C18H21N3/c1-13-9-10-14(2)16(12-13)20-18(19)21-11-5-7-15-6-3-4-8-17(15)21/h3-4,6,8-10,12H,5,7,11H2,1-2H3,(H2,19,20). The first-order valence-electron chi connectivity index (χ1n) is 7.42. The van der Waals surface area contributed by atoms with Gasteiger partial charge in [-0.2, -0.15) is 0 Å². The summed E-state index contributed by atoms with van der Waals surface area (Å²) in [7, 11) is 0. The summed E-state index contributed by atoms with van der Waals surface area (Å²) < 4.78 is 0. The second kappa shape index (κ2) is 5.60. The first-order valence-corrected chi connectivity index (χ1v) is 7.42. The van der Waals surface area contributed by atoms with Crippen LogP contribution in [0, 0.1) is 13.8 Å². The van der Waals surface area contributed by atoms with E-state index in [-0.39, 0.29) is 0 Å². The fourth-order valence-corrected chi connectivity index (χ4v) is 2.80. The molecule has 0 bridgehead atoms. The van der Waals surface area contributed by atoms with Crippen LogP contribution in [0.15, 0.2) is 47.5 Å². The Bertz CT molecular complexity index is 689. The summed E-state index contributed by atoms with van der Waals surface area (Å²) in [5.41, 5.74) is 12.1. The fourth-order valence-electron chi connectivity index (χ4n) is 2.80. The van der Waals surface area contributed by atoms with Crippen LogP contribution in [0.25, 0.3) is 0 Å². The SMILES string of the molecule is Cc1ccc(C)c(N=C(N)N2CCCc3ccccc32)c1. The van der Waals surface area contributed by atoms with Crippen LogP contribution in [0.2, 0.25) is 0 Å². The van der Waals surface area contributed by atoms with Gasteiger partial charge in [-0.3, -0.25) is 0 Å². The van der Waals surface area contributed by atoms with Crippen LogP contribution < -0.4 is 10.6 Å². The Morgan fingerprint density at radius 2 is 1.95 bits per heavy atom. The molecule has 2 N–H and O–H groups in total. The van der Waals surface area contributed by atoms with Gasteiger partial charge in [-0.25, -0.2) is 4.99 Å². The van der Waals surface area contributed by atoms with E-state index in [1.54, 1.807) is 0 Å². The lowest BCUT2D eigenvalue weighted by Gasteiger charge is -2.30. The Labute approximate surface area is 126 Å².